The Balaban J connectivity index is 1.63. The first-order valence-electron chi connectivity index (χ1n) is 6.73. The number of nitrogens with one attached hydrogen (secondary N) is 2. The van der Waals surface area contributed by atoms with Crippen molar-refractivity contribution in [3.8, 4) is 0 Å². The normalized spacial score (nSPS) is 15.0. The van der Waals surface area contributed by atoms with Crippen LogP contribution in [0.3, 0.4) is 0 Å². The second-order valence-electron chi connectivity index (χ2n) is 4.93. The standard InChI is InChI=1S/C13H16N4O2S2/c18-21(19,17-11-7-14-9-15-8-11)13-4-3-12(20-13)5-6-16-10-1-2-10/h3-4,7-10,16-17H,1-2,5-6H2. The second kappa shape index (κ2) is 6.08. The quantitative estimate of drug-likeness (QED) is 0.809. The highest BCUT2D eigenvalue weighted by Gasteiger charge is 2.20. The molecule has 0 spiro atoms. The van der Waals surface area contributed by atoms with Crippen LogP contribution in [-0.4, -0.2) is 31.0 Å². The van der Waals surface area contributed by atoms with Crippen molar-refractivity contribution >= 4 is 27.0 Å². The van der Waals surface area contributed by atoms with Gasteiger partial charge in [0.1, 0.15) is 10.5 Å². The Morgan fingerprint density at radius 2 is 2.00 bits per heavy atom. The third-order valence-electron chi connectivity index (χ3n) is 3.10. The van der Waals surface area contributed by atoms with Crippen molar-refractivity contribution in [3.63, 3.8) is 0 Å². The van der Waals surface area contributed by atoms with Crippen LogP contribution in [0.15, 0.2) is 35.1 Å². The molecule has 2 N–H and O–H groups in total. The van der Waals surface area contributed by atoms with Crippen LogP contribution in [0.4, 0.5) is 5.69 Å². The average molecular weight is 324 g/mol. The summed E-state index contributed by atoms with van der Waals surface area (Å²) >= 11 is 1.30. The van der Waals surface area contributed by atoms with Crippen molar-refractivity contribution in [2.45, 2.75) is 29.5 Å². The fourth-order valence-corrected chi connectivity index (χ4v) is 4.26. The highest BCUT2D eigenvalue weighted by Crippen LogP contribution is 2.24. The van der Waals surface area contributed by atoms with Gasteiger partial charge in [0.05, 0.1) is 18.1 Å². The van der Waals surface area contributed by atoms with Gasteiger partial charge in [0, 0.05) is 17.5 Å². The molecular weight excluding hydrogens is 308 g/mol. The molecule has 0 bridgehead atoms. The predicted octanol–water partition coefficient (Wildman–Crippen LogP) is 1.63. The molecule has 1 saturated carbocycles. The highest BCUT2D eigenvalue weighted by molar-refractivity contribution is 7.94. The fourth-order valence-electron chi connectivity index (χ4n) is 1.88. The van der Waals surface area contributed by atoms with E-state index < -0.39 is 10.0 Å². The van der Waals surface area contributed by atoms with E-state index >= 15 is 0 Å². The van der Waals surface area contributed by atoms with Crippen LogP contribution in [0.1, 0.15) is 17.7 Å². The van der Waals surface area contributed by atoms with Gasteiger partial charge in [-0.25, -0.2) is 18.4 Å². The van der Waals surface area contributed by atoms with Gasteiger partial charge in [-0.3, -0.25) is 4.72 Å². The minimum absolute atomic E-state index is 0.313. The van der Waals surface area contributed by atoms with Gasteiger partial charge in [0.15, 0.2) is 0 Å². The predicted molar refractivity (Wildman–Crippen MR) is 81.9 cm³/mol. The molecular formula is C13H16N4O2S2. The summed E-state index contributed by atoms with van der Waals surface area (Å²) in [7, 11) is -3.55. The second-order valence-corrected chi connectivity index (χ2v) is 8.01. The van der Waals surface area contributed by atoms with Crippen molar-refractivity contribution in [2.75, 3.05) is 11.3 Å². The summed E-state index contributed by atoms with van der Waals surface area (Å²) in [5, 5.41) is 3.42. The lowest BCUT2D eigenvalue weighted by Gasteiger charge is -2.04. The maximum absolute atomic E-state index is 12.2. The van der Waals surface area contributed by atoms with E-state index in [1.54, 1.807) is 6.07 Å². The van der Waals surface area contributed by atoms with Gasteiger partial charge in [-0.05, 0) is 31.4 Å². The summed E-state index contributed by atoms with van der Waals surface area (Å²) in [6.45, 7) is 0.893. The molecule has 1 aliphatic carbocycles. The summed E-state index contributed by atoms with van der Waals surface area (Å²) in [5.74, 6) is 0. The number of hydrogen-bond donors (Lipinski definition) is 2. The third kappa shape index (κ3) is 3.99. The number of rotatable bonds is 7. The van der Waals surface area contributed by atoms with E-state index in [9.17, 15) is 8.42 Å². The van der Waals surface area contributed by atoms with Crippen molar-refractivity contribution in [1.82, 2.24) is 15.3 Å². The lowest BCUT2D eigenvalue weighted by atomic mass is 10.3. The molecule has 0 amide bonds. The first kappa shape index (κ1) is 14.4. The Kier molecular flexibility index (Phi) is 4.18. The van der Waals surface area contributed by atoms with Crippen molar-refractivity contribution in [1.29, 1.82) is 0 Å². The molecule has 2 aromatic heterocycles. The van der Waals surface area contributed by atoms with E-state index in [1.165, 1.54) is 42.9 Å². The Bertz CT molecular complexity index is 696. The molecule has 0 radical (unpaired) electrons. The minimum atomic E-state index is -3.55. The fraction of sp³-hybridized carbons (Fsp3) is 0.385. The van der Waals surface area contributed by atoms with E-state index in [2.05, 4.69) is 20.0 Å². The zero-order valence-electron chi connectivity index (χ0n) is 11.3. The molecule has 0 aliphatic heterocycles. The lowest BCUT2D eigenvalue weighted by molar-refractivity contribution is 0.603. The number of sulfonamides is 1. The van der Waals surface area contributed by atoms with Crippen LogP contribution in [0.5, 0.6) is 0 Å². The molecule has 112 valence electrons. The Labute approximate surface area is 127 Å². The molecule has 6 nitrogen and oxygen atoms in total. The number of aromatic nitrogens is 2. The highest BCUT2D eigenvalue weighted by atomic mass is 32.2. The van der Waals surface area contributed by atoms with Gasteiger partial charge in [-0.2, -0.15) is 0 Å². The Morgan fingerprint density at radius 3 is 2.71 bits per heavy atom. The van der Waals surface area contributed by atoms with Crippen LogP contribution >= 0.6 is 11.3 Å². The van der Waals surface area contributed by atoms with Crippen LogP contribution in [-0.2, 0) is 16.4 Å². The first-order chi connectivity index (χ1) is 10.1. The number of anilines is 1. The maximum atomic E-state index is 12.2. The van der Waals surface area contributed by atoms with Gasteiger partial charge in [-0.15, -0.1) is 11.3 Å². The first-order valence-corrected chi connectivity index (χ1v) is 9.03. The topological polar surface area (TPSA) is 84.0 Å². The molecule has 0 atom stereocenters. The van der Waals surface area contributed by atoms with E-state index in [4.69, 9.17) is 0 Å². The molecule has 2 aromatic rings. The lowest BCUT2D eigenvalue weighted by Crippen LogP contribution is -2.18. The largest absolute Gasteiger partial charge is 0.314 e. The summed E-state index contributed by atoms with van der Waals surface area (Å²) < 4.78 is 27.3. The Hall–Kier alpha value is -1.51. The van der Waals surface area contributed by atoms with E-state index in [0.717, 1.165) is 17.8 Å². The molecule has 1 aliphatic rings. The molecule has 0 aromatic carbocycles. The van der Waals surface area contributed by atoms with Crippen molar-refractivity contribution < 1.29 is 8.42 Å². The van der Waals surface area contributed by atoms with Crippen LogP contribution < -0.4 is 10.0 Å². The third-order valence-corrected chi connectivity index (χ3v) is 6.11. The van der Waals surface area contributed by atoms with Crippen LogP contribution in [0.25, 0.3) is 0 Å². The SMILES string of the molecule is O=S(=O)(Nc1cncnc1)c1ccc(CCNC2CC2)s1. The summed E-state index contributed by atoms with van der Waals surface area (Å²) in [5.41, 5.74) is 0.364. The number of thiophene rings is 1. The van der Waals surface area contributed by atoms with Crippen LogP contribution in [0.2, 0.25) is 0 Å². The minimum Gasteiger partial charge on any atom is -0.314 e. The van der Waals surface area contributed by atoms with Crippen molar-refractivity contribution in [3.05, 3.63) is 35.7 Å². The van der Waals surface area contributed by atoms with Gasteiger partial charge in [0.25, 0.3) is 10.0 Å². The van der Waals surface area contributed by atoms with Crippen LogP contribution in [0, 0.1) is 0 Å². The van der Waals surface area contributed by atoms with E-state index in [-0.39, 0.29) is 0 Å². The zero-order valence-corrected chi connectivity index (χ0v) is 13.0. The molecule has 1 fully saturated rings. The molecule has 0 saturated heterocycles. The van der Waals surface area contributed by atoms with Gasteiger partial charge in [0.2, 0.25) is 0 Å². The molecule has 21 heavy (non-hydrogen) atoms. The maximum Gasteiger partial charge on any atom is 0.271 e. The summed E-state index contributed by atoms with van der Waals surface area (Å²) in [6.07, 6.45) is 7.58. The zero-order chi connectivity index (χ0) is 14.7. The molecule has 3 rings (SSSR count). The average Bonchev–Trinajstić information content (AvgIpc) is 3.15. The molecule has 8 heteroatoms. The molecule has 0 unspecified atom stereocenters. The summed E-state index contributed by atoms with van der Waals surface area (Å²) in [4.78, 5) is 8.64. The number of nitrogens with zero attached hydrogens (tertiary/aromatic N) is 2. The Morgan fingerprint density at radius 1 is 1.24 bits per heavy atom. The monoisotopic (exact) mass is 324 g/mol. The smallest absolute Gasteiger partial charge is 0.271 e. The summed E-state index contributed by atoms with van der Waals surface area (Å²) in [6, 6.07) is 4.19. The van der Waals surface area contributed by atoms with Gasteiger partial charge in [-0.1, -0.05) is 0 Å². The van der Waals surface area contributed by atoms with E-state index in [0.29, 0.717) is 15.9 Å². The van der Waals surface area contributed by atoms with Crippen molar-refractivity contribution in [2.24, 2.45) is 0 Å². The van der Waals surface area contributed by atoms with Gasteiger partial charge < -0.3 is 5.32 Å². The molecule has 2 heterocycles. The van der Waals surface area contributed by atoms with Gasteiger partial charge >= 0.3 is 0 Å². The number of hydrogen-bond acceptors (Lipinski definition) is 6. The van der Waals surface area contributed by atoms with E-state index in [1.807, 2.05) is 6.07 Å².